The molecular weight excluding hydrogens is 405 g/mol. The standard InChI is InChI=1S/C19H25N3O2S.2ClH/c1-13-3-7-16(8-4-13)24-10-18-21-15(11-25-18)9-17(23)22-19(2,12-20)14-5-6-14;;/h3-4,7-8,11,14H,5-6,9-10,12,20H2,1-2H3,(H,22,23);2*1H. The van der Waals surface area contributed by atoms with Gasteiger partial charge in [0.15, 0.2) is 0 Å². The second kappa shape index (κ2) is 10.3. The molecule has 2 aromatic rings. The molecule has 27 heavy (non-hydrogen) atoms. The first kappa shape index (κ1) is 23.7. The van der Waals surface area contributed by atoms with Gasteiger partial charge in [-0.25, -0.2) is 4.98 Å². The monoisotopic (exact) mass is 431 g/mol. The van der Waals surface area contributed by atoms with Crippen molar-refractivity contribution >= 4 is 42.1 Å². The van der Waals surface area contributed by atoms with Crippen molar-refractivity contribution in [3.63, 3.8) is 0 Å². The average Bonchev–Trinajstić information content (AvgIpc) is 3.36. The number of nitrogens with two attached hydrogens (primary N) is 1. The van der Waals surface area contributed by atoms with Crippen molar-refractivity contribution in [2.24, 2.45) is 11.7 Å². The second-order valence-electron chi connectivity index (χ2n) is 6.96. The van der Waals surface area contributed by atoms with Gasteiger partial charge in [0.1, 0.15) is 17.4 Å². The van der Waals surface area contributed by atoms with Crippen LogP contribution in [0.4, 0.5) is 0 Å². The number of nitrogens with zero attached hydrogens (tertiary/aromatic N) is 1. The maximum atomic E-state index is 12.3. The summed E-state index contributed by atoms with van der Waals surface area (Å²) in [6, 6.07) is 7.92. The van der Waals surface area contributed by atoms with E-state index in [2.05, 4.69) is 10.3 Å². The van der Waals surface area contributed by atoms with Crippen LogP contribution in [0.5, 0.6) is 5.75 Å². The average molecular weight is 432 g/mol. The van der Waals surface area contributed by atoms with Gasteiger partial charge in [0, 0.05) is 11.9 Å². The Bertz CT molecular complexity index is 735. The molecule has 0 bridgehead atoms. The summed E-state index contributed by atoms with van der Waals surface area (Å²) in [7, 11) is 0. The summed E-state index contributed by atoms with van der Waals surface area (Å²) in [6.45, 7) is 4.96. The minimum absolute atomic E-state index is 0. The van der Waals surface area contributed by atoms with Gasteiger partial charge in [-0.1, -0.05) is 17.7 Å². The van der Waals surface area contributed by atoms with E-state index in [1.54, 1.807) is 0 Å². The third kappa shape index (κ3) is 6.64. The Labute approximate surface area is 176 Å². The van der Waals surface area contributed by atoms with E-state index in [1.807, 2.05) is 43.5 Å². The highest BCUT2D eigenvalue weighted by atomic mass is 35.5. The lowest BCUT2D eigenvalue weighted by molar-refractivity contribution is -0.122. The number of halogens is 2. The van der Waals surface area contributed by atoms with Crippen LogP contribution in [0.15, 0.2) is 29.6 Å². The van der Waals surface area contributed by atoms with E-state index < -0.39 is 0 Å². The number of hydrogen-bond acceptors (Lipinski definition) is 5. The molecule has 3 rings (SSSR count). The Balaban J connectivity index is 0.00000182. The van der Waals surface area contributed by atoms with E-state index in [-0.39, 0.29) is 42.7 Å². The fourth-order valence-electron chi connectivity index (χ4n) is 2.84. The minimum atomic E-state index is -0.287. The number of aromatic nitrogens is 1. The van der Waals surface area contributed by atoms with Gasteiger partial charge in [-0.05, 0) is 44.7 Å². The smallest absolute Gasteiger partial charge is 0.226 e. The molecule has 150 valence electrons. The molecule has 1 atom stereocenters. The SMILES string of the molecule is Cc1ccc(OCc2nc(CC(=O)NC(C)(CN)C3CC3)cs2)cc1.Cl.Cl. The predicted molar refractivity (Wildman–Crippen MR) is 114 cm³/mol. The van der Waals surface area contributed by atoms with Crippen molar-refractivity contribution in [3.8, 4) is 5.75 Å². The highest BCUT2D eigenvalue weighted by Gasteiger charge is 2.41. The molecular formula is C19H27Cl2N3O2S. The van der Waals surface area contributed by atoms with E-state index in [4.69, 9.17) is 10.5 Å². The van der Waals surface area contributed by atoms with Crippen LogP contribution in [0.3, 0.4) is 0 Å². The van der Waals surface area contributed by atoms with Crippen LogP contribution in [0.2, 0.25) is 0 Å². The number of benzene rings is 1. The predicted octanol–water partition coefficient (Wildman–Crippen LogP) is 3.66. The molecule has 5 nitrogen and oxygen atoms in total. The molecule has 8 heteroatoms. The van der Waals surface area contributed by atoms with Crippen LogP contribution in [-0.2, 0) is 17.8 Å². The van der Waals surface area contributed by atoms with Gasteiger partial charge in [-0.3, -0.25) is 4.79 Å². The van der Waals surface area contributed by atoms with Crippen LogP contribution in [0, 0.1) is 12.8 Å². The summed E-state index contributed by atoms with van der Waals surface area (Å²) in [4.78, 5) is 16.8. The topological polar surface area (TPSA) is 77.2 Å². The number of nitrogens with one attached hydrogen (secondary N) is 1. The van der Waals surface area contributed by atoms with Crippen LogP contribution in [0.1, 0.15) is 36.0 Å². The fraction of sp³-hybridized carbons (Fsp3) is 0.474. The molecule has 1 aliphatic rings. The van der Waals surface area contributed by atoms with Gasteiger partial charge in [0.25, 0.3) is 0 Å². The van der Waals surface area contributed by atoms with E-state index in [0.717, 1.165) is 29.3 Å². The molecule has 0 radical (unpaired) electrons. The Morgan fingerprint density at radius 3 is 2.59 bits per heavy atom. The number of carbonyl (C=O) groups is 1. The van der Waals surface area contributed by atoms with Crippen LogP contribution in [-0.4, -0.2) is 23.0 Å². The molecule has 1 aromatic carbocycles. The van der Waals surface area contributed by atoms with E-state index in [1.165, 1.54) is 16.9 Å². The summed E-state index contributed by atoms with van der Waals surface area (Å²) in [6.07, 6.45) is 2.57. The van der Waals surface area contributed by atoms with E-state index in [0.29, 0.717) is 19.1 Å². The first-order valence-electron chi connectivity index (χ1n) is 8.62. The number of amides is 1. The third-order valence-electron chi connectivity index (χ3n) is 4.65. The lowest BCUT2D eigenvalue weighted by Crippen LogP contribution is -2.53. The maximum Gasteiger partial charge on any atom is 0.226 e. The first-order valence-corrected chi connectivity index (χ1v) is 9.50. The zero-order valence-corrected chi connectivity index (χ0v) is 18.0. The Morgan fingerprint density at radius 1 is 1.33 bits per heavy atom. The molecule has 3 N–H and O–H groups in total. The Hall–Kier alpha value is -1.34. The number of aryl methyl sites for hydroxylation is 1. The minimum Gasteiger partial charge on any atom is -0.486 e. The molecule has 0 spiro atoms. The Kier molecular flexibility index (Phi) is 9.02. The second-order valence-corrected chi connectivity index (χ2v) is 7.90. The van der Waals surface area contributed by atoms with Gasteiger partial charge in [0.05, 0.1) is 17.7 Å². The van der Waals surface area contributed by atoms with Crippen molar-refractivity contribution < 1.29 is 9.53 Å². The largest absolute Gasteiger partial charge is 0.486 e. The molecule has 1 amide bonds. The van der Waals surface area contributed by atoms with Crippen LogP contribution >= 0.6 is 36.2 Å². The molecule has 1 saturated carbocycles. The molecule has 0 aliphatic heterocycles. The molecule has 1 heterocycles. The zero-order valence-electron chi connectivity index (χ0n) is 15.6. The van der Waals surface area contributed by atoms with Crippen molar-refractivity contribution in [1.29, 1.82) is 0 Å². The normalized spacial score (nSPS) is 15.1. The summed E-state index contributed by atoms with van der Waals surface area (Å²) in [5.41, 5.74) is 7.54. The number of rotatable bonds is 8. The molecule has 1 aliphatic carbocycles. The van der Waals surface area contributed by atoms with Crippen molar-refractivity contribution in [1.82, 2.24) is 10.3 Å². The molecule has 1 fully saturated rings. The van der Waals surface area contributed by atoms with Gasteiger partial charge in [-0.15, -0.1) is 36.2 Å². The van der Waals surface area contributed by atoms with Gasteiger partial charge in [0.2, 0.25) is 5.91 Å². The van der Waals surface area contributed by atoms with Gasteiger partial charge < -0.3 is 15.8 Å². The lowest BCUT2D eigenvalue weighted by Gasteiger charge is -2.29. The summed E-state index contributed by atoms with van der Waals surface area (Å²) in [5.74, 6) is 1.31. The third-order valence-corrected chi connectivity index (χ3v) is 5.52. The fourth-order valence-corrected chi connectivity index (χ4v) is 3.55. The van der Waals surface area contributed by atoms with Crippen molar-refractivity contribution in [2.45, 2.75) is 45.3 Å². The zero-order chi connectivity index (χ0) is 17.9. The number of thiazole rings is 1. The maximum absolute atomic E-state index is 12.3. The Morgan fingerprint density at radius 2 is 2.00 bits per heavy atom. The number of ether oxygens (including phenoxy) is 1. The first-order chi connectivity index (χ1) is 12.0. The van der Waals surface area contributed by atoms with Crippen molar-refractivity contribution in [2.75, 3.05) is 6.54 Å². The number of carbonyl (C=O) groups excluding carboxylic acids is 1. The molecule has 0 saturated heterocycles. The summed E-state index contributed by atoms with van der Waals surface area (Å²) in [5, 5.41) is 5.88. The summed E-state index contributed by atoms with van der Waals surface area (Å²) < 4.78 is 5.73. The molecule has 1 aromatic heterocycles. The van der Waals surface area contributed by atoms with Crippen molar-refractivity contribution in [3.05, 3.63) is 45.9 Å². The number of hydrogen-bond donors (Lipinski definition) is 2. The van der Waals surface area contributed by atoms with Gasteiger partial charge in [-0.2, -0.15) is 0 Å². The van der Waals surface area contributed by atoms with Gasteiger partial charge >= 0.3 is 0 Å². The molecule has 1 unspecified atom stereocenters. The summed E-state index contributed by atoms with van der Waals surface area (Å²) >= 11 is 1.52. The van der Waals surface area contributed by atoms with Crippen LogP contribution < -0.4 is 15.8 Å². The van der Waals surface area contributed by atoms with E-state index >= 15 is 0 Å². The highest BCUT2D eigenvalue weighted by Crippen LogP contribution is 2.39. The van der Waals surface area contributed by atoms with E-state index in [9.17, 15) is 4.79 Å². The van der Waals surface area contributed by atoms with Crippen LogP contribution in [0.25, 0.3) is 0 Å². The quantitative estimate of drug-likeness (QED) is 0.668. The highest BCUT2D eigenvalue weighted by molar-refractivity contribution is 7.09. The lowest BCUT2D eigenvalue weighted by atomic mass is 9.95.